The minimum absolute atomic E-state index is 0.105. The predicted octanol–water partition coefficient (Wildman–Crippen LogP) is 2.32. The van der Waals surface area contributed by atoms with Gasteiger partial charge in [0.2, 0.25) is 0 Å². The Balaban J connectivity index is 2.70. The minimum Gasteiger partial charge on any atom is -0.401 e. The number of hydrogen-bond acceptors (Lipinski definition) is 2. The third-order valence-corrected chi connectivity index (χ3v) is 2.87. The standard InChI is InChI=1S/C10H16N2/c1-10(9(12)5-8-11)6-3-2-4-7-10/h5H,2-4,6-7,12H2,1H3/b9-5+. The molecule has 12 heavy (non-hydrogen) atoms. The zero-order valence-corrected chi connectivity index (χ0v) is 7.64. The van der Waals surface area contributed by atoms with Gasteiger partial charge in [0.05, 0.1) is 6.07 Å². The lowest BCUT2D eigenvalue weighted by molar-refractivity contribution is 0.265. The van der Waals surface area contributed by atoms with Crippen LogP contribution < -0.4 is 5.73 Å². The van der Waals surface area contributed by atoms with Crippen molar-refractivity contribution in [2.24, 2.45) is 11.1 Å². The molecule has 1 rings (SSSR count). The highest BCUT2D eigenvalue weighted by atomic mass is 14.6. The molecule has 0 aromatic rings. The van der Waals surface area contributed by atoms with Crippen molar-refractivity contribution >= 4 is 0 Å². The van der Waals surface area contributed by atoms with Crippen LogP contribution in [-0.4, -0.2) is 0 Å². The molecule has 0 atom stereocenters. The van der Waals surface area contributed by atoms with Gasteiger partial charge in [0.1, 0.15) is 0 Å². The smallest absolute Gasteiger partial charge is 0.0930 e. The van der Waals surface area contributed by atoms with Gasteiger partial charge in [0.15, 0.2) is 0 Å². The third kappa shape index (κ3) is 1.79. The number of hydrogen-bond donors (Lipinski definition) is 1. The molecule has 0 radical (unpaired) electrons. The molecule has 0 spiro atoms. The summed E-state index contributed by atoms with van der Waals surface area (Å²) in [5.41, 5.74) is 6.71. The van der Waals surface area contributed by atoms with E-state index in [0.29, 0.717) is 0 Å². The molecule has 1 aliphatic carbocycles. The molecule has 0 bridgehead atoms. The molecule has 0 amide bonds. The molecule has 0 aromatic carbocycles. The van der Waals surface area contributed by atoms with Crippen LogP contribution in [0, 0.1) is 16.7 Å². The monoisotopic (exact) mass is 164 g/mol. The van der Waals surface area contributed by atoms with E-state index in [1.807, 2.05) is 6.07 Å². The van der Waals surface area contributed by atoms with Crippen LogP contribution in [0.1, 0.15) is 39.0 Å². The van der Waals surface area contributed by atoms with Crippen molar-refractivity contribution in [3.63, 3.8) is 0 Å². The first kappa shape index (κ1) is 9.12. The zero-order chi connectivity index (χ0) is 9.03. The Labute approximate surface area is 74.1 Å². The van der Waals surface area contributed by atoms with Gasteiger partial charge in [-0.1, -0.05) is 26.2 Å². The normalized spacial score (nSPS) is 23.2. The molecule has 2 N–H and O–H groups in total. The summed E-state index contributed by atoms with van der Waals surface area (Å²) in [5, 5.41) is 8.48. The van der Waals surface area contributed by atoms with Gasteiger partial charge in [-0.15, -0.1) is 0 Å². The minimum atomic E-state index is 0.105. The summed E-state index contributed by atoms with van der Waals surface area (Å²) in [5.74, 6) is 0. The fourth-order valence-electron chi connectivity index (χ4n) is 1.86. The second kappa shape index (κ2) is 3.62. The maximum atomic E-state index is 8.48. The van der Waals surface area contributed by atoms with Crippen LogP contribution in [0.15, 0.2) is 11.8 Å². The van der Waals surface area contributed by atoms with E-state index in [4.69, 9.17) is 11.0 Å². The highest BCUT2D eigenvalue weighted by Gasteiger charge is 2.28. The Kier molecular flexibility index (Phi) is 2.75. The van der Waals surface area contributed by atoms with Crippen LogP contribution in [0.3, 0.4) is 0 Å². The molecule has 0 heterocycles. The lowest BCUT2D eigenvalue weighted by Gasteiger charge is -2.33. The van der Waals surface area contributed by atoms with E-state index >= 15 is 0 Å². The Morgan fingerprint density at radius 1 is 1.42 bits per heavy atom. The molecule has 1 fully saturated rings. The first-order valence-electron chi connectivity index (χ1n) is 4.55. The molecule has 0 unspecified atom stereocenters. The molecule has 2 heteroatoms. The van der Waals surface area contributed by atoms with Crippen LogP contribution in [0.25, 0.3) is 0 Å². The topological polar surface area (TPSA) is 49.8 Å². The summed E-state index contributed by atoms with van der Waals surface area (Å²) < 4.78 is 0. The number of nitrogens with zero attached hydrogens (tertiary/aromatic N) is 1. The number of nitrogens with two attached hydrogens (primary N) is 1. The van der Waals surface area contributed by atoms with Crippen molar-refractivity contribution in [1.82, 2.24) is 0 Å². The summed E-state index contributed by atoms with van der Waals surface area (Å²) in [6, 6.07) is 2.00. The van der Waals surface area contributed by atoms with Gasteiger partial charge in [-0.2, -0.15) is 5.26 Å². The van der Waals surface area contributed by atoms with Gasteiger partial charge < -0.3 is 5.73 Å². The van der Waals surface area contributed by atoms with Crippen molar-refractivity contribution in [1.29, 1.82) is 5.26 Å². The first-order chi connectivity index (χ1) is 5.69. The molecule has 0 aromatic heterocycles. The maximum Gasteiger partial charge on any atom is 0.0930 e. The summed E-state index contributed by atoms with van der Waals surface area (Å²) in [4.78, 5) is 0. The summed E-state index contributed by atoms with van der Waals surface area (Å²) in [6.07, 6.45) is 7.57. The van der Waals surface area contributed by atoms with E-state index in [1.54, 1.807) is 0 Å². The number of allylic oxidation sites excluding steroid dienone is 2. The fraction of sp³-hybridized carbons (Fsp3) is 0.700. The van der Waals surface area contributed by atoms with Crippen molar-refractivity contribution in [2.45, 2.75) is 39.0 Å². The average Bonchev–Trinajstić information content (AvgIpc) is 2.06. The Hall–Kier alpha value is -0.970. The Bertz CT molecular complexity index is 216. The Morgan fingerprint density at radius 2 is 2.00 bits per heavy atom. The molecule has 0 aliphatic heterocycles. The zero-order valence-electron chi connectivity index (χ0n) is 7.64. The average molecular weight is 164 g/mol. The van der Waals surface area contributed by atoms with Gasteiger partial charge in [0, 0.05) is 17.2 Å². The van der Waals surface area contributed by atoms with Crippen LogP contribution in [0.4, 0.5) is 0 Å². The summed E-state index contributed by atoms with van der Waals surface area (Å²) in [6.45, 7) is 2.16. The van der Waals surface area contributed by atoms with E-state index in [9.17, 15) is 0 Å². The maximum absolute atomic E-state index is 8.48. The molecule has 0 saturated heterocycles. The van der Waals surface area contributed by atoms with Crippen molar-refractivity contribution < 1.29 is 0 Å². The van der Waals surface area contributed by atoms with Gasteiger partial charge >= 0.3 is 0 Å². The van der Waals surface area contributed by atoms with Gasteiger partial charge in [-0.3, -0.25) is 0 Å². The molecule has 66 valence electrons. The van der Waals surface area contributed by atoms with E-state index < -0.39 is 0 Å². The van der Waals surface area contributed by atoms with E-state index in [-0.39, 0.29) is 5.41 Å². The third-order valence-electron chi connectivity index (χ3n) is 2.87. The predicted molar refractivity (Wildman–Crippen MR) is 49.1 cm³/mol. The molecular formula is C10H16N2. The van der Waals surface area contributed by atoms with Crippen LogP contribution in [0.2, 0.25) is 0 Å². The molecule has 1 aliphatic rings. The molecule has 1 saturated carbocycles. The van der Waals surface area contributed by atoms with Crippen LogP contribution >= 0.6 is 0 Å². The lowest BCUT2D eigenvalue weighted by atomic mass is 9.73. The summed E-state index contributed by atoms with van der Waals surface area (Å²) in [7, 11) is 0. The van der Waals surface area contributed by atoms with Crippen LogP contribution in [0.5, 0.6) is 0 Å². The first-order valence-corrected chi connectivity index (χ1v) is 4.55. The van der Waals surface area contributed by atoms with Crippen molar-refractivity contribution in [3.05, 3.63) is 11.8 Å². The summed E-state index contributed by atoms with van der Waals surface area (Å²) >= 11 is 0. The second-order valence-electron chi connectivity index (χ2n) is 3.85. The highest BCUT2D eigenvalue weighted by molar-refractivity contribution is 5.18. The van der Waals surface area contributed by atoms with Crippen molar-refractivity contribution in [3.8, 4) is 6.07 Å². The van der Waals surface area contributed by atoms with Gasteiger partial charge in [0.25, 0.3) is 0 Å². The van der Waals surface area contributed by atoms with Gasteiger partial charge in [-0.05, 0) is 12.8 Å². The highest BCUT2D eigenvalue weighted by Crippen LogP contribution is 2.39. The van der Waals surface area contributed by atoms with Crippen molar-refractivity contribution in [2.75, 3.05) is 0 Å². The largest absolute Gasteiger partial charge is 0.401 e. The quantitative estimate of drug-likeness (QED) is 0.605. The number of rotatable bonds is 1. The SMILES string of the molecule is CC1(/C(N)=C\C#N)CCCCC1. The lowest BCUT2D eigenvalue weighted by Crippen LogP contribution is -2.27. The number of nitriles is 1. The van der Waals surface area contributed by atoms with E-state index in [2.05, 4.69) is 6.92 Å². The van der Waals surface area contributed by atoms with Crippen LogP contribution in [-0.2, 0) is 0 Å². The molecular weight excluding hydrogens is 148 g/mol. The Morgan fingerprint density at radius 3 is 2.50 bits per heavy atom. The second-order valence-corrected chi connectivity index (χ2v) is 3.85. The fourth-order valence-corrected chi connectivity index (χ4v) is 1.86. The van der Waals surface area contributed by atoms with Gasteiger partial charge in [-0.25, -0.2) is 0 Å². The van der Waals surface area contributed by atoms with E-state index in [1.165, 1.54) is 25.3 Å². The van der Waals surface area contributed by atoms with E-state index in [0.717, 1.165) is 18.5 Å². The molecule has 2 nitrogen and oxygen atoms in total.